The van der Waals surface area contributed by atoms with Crippen LogP contribution in [0, 0.1) is 0 Å². The van der Waals surface area contributed by atoms with Gasteiger partial charge in [-0.3, -0.25) is 9.58 Å². The number of aliphatic hydroxyl groups is 3. The van der Waals surface area contributed by atoms with Crippen LogP contribution in [0.1, 0.15) is 6.23 Å². The Labute approximate surface area is 124 Å². The first-order valence-corrected chi connectivity index (χ1v) is 6.55. The molecule has 0 spiro atoms. The van der Waals surface area contributed by atoms with Gasteiger partial charge in [-0.25, -0.2) is 20.8 Å². The monoisotopic (exact) mass is 311 g/mol. The first-order chi connectivity index (χ1) is 10.5. The lowest BCUT2D eigenvalue weighted by molar-refractivity contribution is -0.0504. The van der Waals surface area contributed by atoms with Crippen molar-refractivity contribution in [3.8, 4) is 0 Å². The highest BCUT2D eigenvalue weighted by Gasteiger charge is 2.45. The van der Waals surface area contributed by atoms with Gasteiger partial charge in [0.2, 0.25) is 5.95 Å². The zero-order valence-electron chi connectivity index (χ0n) is 11.7. The summed E-state index contributed by atoms with van der Waals surface area (Å²) in [5.74, 6) is 6.13. The first-order valence-electron chi connectivity index (χ1n) is 6.55. The van der Waals surface area contributed by atoms with Crippen LogP contribution in [0.15, 0.2) is 6.33 Å². The molecule has 7 N–H and O–H groups in total. The molecular formula is C11H17N7O4. The second-order valence-corrected chi connectivity index (χ2v) is 5.05. The van der Waals surface area contributed by atoms with Gasteiger partial charge in [-0.2, -0.15) is 0 Å². The topological polar surface area (TPSA) is 169 Å². The third-order valence-electron chi connectivity index (χ3n) is 3.57. The van der Waals surface area contributed by atoms with Gasteiger partial charge in [0.1, 0.15) is 24.6 Å². The van der Waals surface area contributed by atoms with E-state index in [2.05, 4.69) is 15.0 Å². The summed E-state index contributed by atoms with van der Waals surface area (Å²) < 4.78 is 6.92. The van der Waals surface area contributed by atoms with E-state index in [1.807, 2.05) is 0 Å². The summed E-state index contributed by atoms with van der Waals surface area (Å²) >= 11 is 0. The van der Waals surface area contributed by atoms with Crippen molar-refractivity contribution in [1.82, 2.24) is 19.5 Å². The highest BCUT2D eigenvalue weighted by molar-refractivity contribution is 5.84. The molecule has 2 aromatic heterocycles. The van der Waals surface area contributed by atoms with Crippen LogP contribution in [-0.4, -0.2) is 66.8 Å². The van der Waals surface area contributed by atoms with Crippen LogP contribution in [0.3, 0.4) is 0 Å². The van der Waals surface area contributed by atoms with Crippen LogP contribution in [0.4, 0.5) is 11.8 Å². The Bertz CT molecular complexity index is 690. The molecule has 1 aliphatic heterocycles. The standard InChI is InChI=1S/C11H17N7O4/c1-17(13)11-16-5-8(12)14-3-15-9(5)18(11)10-7(21)6(20)4(2-19)22-10/h3-4,6-7,10,19-21H,2,13H2,1H3,(H2,12,14,15)/t4-,6-,7-,10-/m1/s1. The van der Waals surface area contributed by atoms with E-state index < -0.39 is 31.1 Å². The Morgan fingerprint density at radius 2 is 2.09 bits per heavy atom. The zero-order chi connectivity index (χ0) is 16.0. The first kappa shape index (κ1) is 14.9. The van der Waals surface area contributed by atoms with E-state index >= 15 is 0 Å². The van der Waals surface area contributed by atoms with Gasteiger partial charge < -0.3 is 25.8 Å². The number of aliphatic hydroxyl groups excluding tert-OH is 3. The number of nitrogen functional groups attached to an aromatic ring is 1. The predicted molar refractivity (Wildman–Crippen MR) is 75.3 cm³/mol. The van der Waals surface area contributed by atoms with E-state index in [0.29, 0.717) is 11.2 Å². The number of anilines is 2. The maximum absolute atomic E-state index is 10.2. The summed E-state index contributed by atoms with van der Waals surface area (Å²) in [4.78, 5) is 12.2. The summed E-state index contributed by atoms with van der Waals surface area (Å²) in [6, 6.07) is 0. The molecule has 0 radical (unpaired) electrons. The second kappa shape index (κ2) is 5.30. The minimum absolute atomic E-state index is 0.151. The van der Waals surface area contributed by atoms with Crippen LogP contribution in [-0.2, 0) is 4.74 Å². The van der Waals surface area contributed by atoms with Gasteiger partial charge in [0, 0.05) is 7.05 Å². The number of hydrogen-bond donors (Lipinski definition) is 5. The Balaban J connectivity index is 2.17. The van der Waals surface area contributed by atoms with Gasteiger partial charge in [-0.05, 0) is 0 Å². The molecule has 11 heteroatoms. The molecule has 0 aliphatic carbocycles. The van der Waals surface area contributed by atoms with Gasteiger partial charge in [0.15, 0.2) is 23.2 Å². The Kier molecular flexibility index (Phi) is 3.58. The van der Waals surface area contributed by atoms with Crippen LogP contribution in [0.25, 0.3) is 11.2 Å². The Morgan fingerprint density at radius 3 is 2.68 bits per heavy atom. The molecule has 4 atom stereocenters. The fraction of sp³-hybridized carbons (Fsp3) is 0.545. The summed E-state index contributed by atoms with van der Waals surface area (Å²) in [6.07, 6.45) is -3.23. The number of hydrogen-bond acceptors (Lipinski definition) is 10. The molecule has 1 saturated heterocycles. The van der Waals surface area contributed by atoms with Crippen molar-refractivity contribution in [2.45, 2.75) is 24.5 Å². The lowest BCUT2D eigenvalue weighted by Crippen LogP contribution is -2.34. The third kappa shape index (κ3) is 2.07. The summed E-state index contributed by atoms with van der Waals surface area (Å²) in [5, 5.41) is 30.5. The molecule has 3 rings (SSSR count). The molecule has 0 saturated carbocycles. The summed E-state index contributed by atoms with van der Waals surface area (Å²) in [7, 11) is 1.54. The van der Waals surface area contributed by atoms with Gasteiger partial charge in [-0.1, -0.05) is 0 Å². The molecule has 11 nitrogen and oxygen atoms in total. The molecule has 0 amide bonds. The lowest BCUT2D eigenvalue weighted by Gasteiger charge is -2.21. The van der Waals surface area contributed by atoms with Crippen molar-refractivity contribution in [1.29, 1.82) is 0 Å². The molecule has 0 aromatic carbocycles. The predicted octanol–water partition coefficient (Wildman–Crippen LogP) is -2.67. The number of hydrazine groups is 1. The second-order valence-electron chi connectivity index (χ2n) is 5.05. The molecule has 0 bridgehead atoms. The smallest absolute Gasteiger partial charge is 0.224 e. The van der Waals surface area contributed by atoms with E-state index in [4.69, 9.17) is 16.3 Å². The van der Waals surface area contributed by atoms with Gasteiger partial charge in [0.05, 0.1) is 6.61 Å². The van der Waals surface area contributed by atoms with Gasteiger partial charge in [0.25, 0.3) is 0 Å². The molecule has 22 heavy (non-hydrogen) atoms. The maximum atomic E-state index is 10.2. The largest absolute Gasteiger partial charge is 0.394 e. The molecule has 1 fully saturated rings. The van der Waals surface area contributed by atoms with E-state index in [9.17, 15) is 15.3 Å². The summed E-state index contributed by atoms with van der Waals surface area (Å²) in [6.45, 7) is -0.438. The minimum Gasteiger partial charge on any atom is -0.394 e. The van der Waals surface area contributed by atoms with E-state index in [1.54, 1.807) is 7.05 Å². The summed E-state index contributed by atoms with van der Waals surface area (Å²) in [5.41, 5.74) is 6.37. The number of fused-ring (bicyclic) bond motifs is 1. The van der Waals surface area contributed by atoms with Crippen LogP contribution >= 0.6 is 0 Å². The van der Waals surface area contributed by atoms with Crippen molar-refractivity contribution in [2.75, 3.05) is 24.4 Å². The molecule has 120 valence electrons. The fourth-order valence-electron chi connectivity index (χ4n) is 2.49. The minimum atomic E-state index is -1.29. The van der Waals surface area contributed by atoms with Crippen molar-refractivity contribution in [3.05, 3.63) is 6.33 Å². The Hall–Kier alpha value is -2.05. The average Bonchev–Trinajstić information content (AvgIpc) is 3.00. The molecule has 3 heterocycles. The SMILES string of the molecule is CN(N)c1nc2c(N)ncnc2n1[C@@H]1O[C@H](CO)[C@@H](O)[C@H]1O. The number of imidazole rings is 1. The van der Waals surface area contributed by atoms with Gasteiger partial charge >= 0.3 is 0 Å². The molecule has 1 aliphatic rings. The number of aromatic nitrogens is 4. The highest BCUT2D eigenvalue weighted by atomic mass is 16.6. The number of nitrogens with zero attached hydrogens (tertiary/aromatic N) is 5. The lowest BCUT2D eigenvalue weighted by atomic mass is 10.1. The fourth-order valence-corrected chi connectivity index (χ4v) is 2.49. The van der Waals surface area contributed by atoms with Crippen molar-refractivity contribution < 1.29 is 20.1 Å². The van der Waals surface area contributed by atoms with Gasteiger partial charge in [-0.15, -0.1) is 0 Å². The van der Waals surface area contributed by atoms with E-state index in [1.165, 1.54) is 15.9 Å². The van der Waals surface area contributed by atoms with Crippen molar-refractivity contribution >= 4 is 22.9 Å². The number of rotatable bonds is 3. The van der Waals surface area contributed by atoms with Crippen LogP contribution < -0.4 is 16.6 Å². The average molecular weight is 311 g/mol. The van der Waals surface area contributed by atoms with Crippen molar-refractivity contribution in [2.24, 2.45) is 5.84 Å². The molecule has 0 unspecified atom stereocenters. The van der Waals surface area contributed by atoms with Crippen molar-refractivity contribution in [3.63, 3.8) is 0 Å². The maximum Gasteiger partial charge on any atom is 0.224 e. The zero-order valence-corrected chi connectivity index (χ0v) is 11.7. The Morgan fingerprint density at radius 1 is 1.36 bits per heavy atom. The molecule has 2 aromatic rings. The van der Waals surface area contributed by atoms with Crippen LogP contribution in [0.5, 0.6) is 0 Å². The van der Waals surface area contributed by atoms with Crippen LogP contribution in [0.2, 0.25) is 0 Å². The molecular weight excluding hydrogens is 294 g/mol. The number of nitrogens with two attached hydrogens (primary N) is 2. The quantitative estimate of drug-likeness (QED) is 0.297. The normalized spacial score (nSPS) is 28.4. The van der Waals surface area contributed by atoms with E-state index in [-0.39, 0.29) is 11.8 Å². The number of ether oxygens (including phenoxy) is 1. The highest BCUT2D eigenvalue weighted by Crippen LogP contribution is 2.35. The third-order valence-corrected chi connectivity index (χ3v) is 3.57. The van der Waals surface area contributed by atoms with E-state index in [0.717, 1.165) is 0 Å².